The molecule has 0 bridgehead atoms. The average Bonchev–Trinajstić information content (AvgIpc) is 2.93. The highest BCUT2D eigenvalue weighted by atomic mass is 16.2. The molecule has 1 unspecified atom stereocenters. The van der Waals surface area contributed by atoms with Crippen molar-refractivity contribution in [3.63, 3.8) is 0 Å². The second-order valence-electron chi connectivity index (χ2n) is 9.02. The Kier molecular flexibility index (Phi) is 8.12. The molecule has 0 radical (unpaired) electrons. The first-order valence-electron chi connectivity index (χ1n) is 12.3. The van der Waals surface area contributed by atoms with E-state index in [0.717, 1.165) is 12.8 Å². The summed E-state index contributed by atoms with van der Waals surface area (Å²) in [5, 5.41) is 2.94. The topological polar surface area (TPSA) is 69.7 Å². The van der Waals surface area contributed by atoms with Gasteiger partial charge in [-0.1, -0.05) is 54.6 Å². The van der Waals surface area contributed by atoms with Crippen molar-refractivity contribution in [1.29, 1.82) is 0 Å². The molecule has 1 N–H and O–H groups in total. The normalized spacial score (nSPS) is 20.1. The number of nitrogens with zero attached hydrogens (tertiary/aromatic N) is 2. The Morgan fingerprint density at radius 3 is 2.24 bits per heavy atom. The van der Waals surface area contributed by atoms with E-state index >= 15 is 0 Å². The van der Waals surface area contributed by atoms with Crippen LogP contribution in [0.15, 0.2) is 66.7 Å². The largest absolute Gasteiger partial charge is 0.356 e. The van der Waals surface area contributed by atoms with Crippen LogP contribution < -0.4 is 5.32 Å². The van der Waals surface area contributed by atoms with Gasteiger partial charge in [0.2, 0.25) is 11.8 Å². The lowest BCUT2D eigenvalue weighted by molar-refractivity contribution is -0.135. The standard InChI is InChI=1S/C28H33N3O3/c32-26-16-21-30(27(33)24-10-5-2-6-11-24)18-7-12-25(13-17-29-26)28(34)31-19-14-23(15-20-31)22-8-3-1-4-9-22/h1-6,8-11,14,25H,7,12-13,15-21H2,(H,29,32). The summed E-state index contributed by atoms with van der Waals surface area (Å²) in [7, 11) is 0. The van der Waals surface area contributed by atoms with Crippen molar-refractivity contribution in [2.45, 2.75) is 32.1 Å². The summed E-state index contributed by atoms with van der Waals surface area (Å²) in [6.45, 7) is 2.74. The van der Waals surface area contributed by atoms with Gasteiger partial charge in [0.25, 0.3) is 5.91 Å². The molecule has 34 heavy (non-hydrogen) atoms. The van der Waals surface area contributed by atoms with E-state index in [-0.39, 0.29) is 30.1 Å². The van der Waals surface area contributed by atoms with Gasteiger partial charge in [0.05, 0.1) is 0 Å². The van der Waals surface area contributed by atoms with Crippen molar-refractivity contribution < 1.29 is 14.4 Å². The number of carbonyl (C=O) groups excluding carboxylic acids is 3. The molecule has 1 atom stereocenters. The van der Waals surface area contributed by atoms with Crippen LogP contribution in [0.4, 0.5) is 0 Å². The smallest absolute Gasteiger partial charge is 0.253 e. The van der Waals surface area contributed by atoms with E-state index in [9.17, 15) is 14.4 Å². The minimum atomic E-state index is -0.154. The van der Waals surface area contributed by atoms with Gasteiger partial charge in [0.15, 0.2) is 0 Å². The molecule has 6 heteroatoms. The highest BCUT2D eigenvalue weighted by Gasteiger charge is 2.27. The first-order valence-corrected chi connectivity index (χ1v) is 12.3. The fraction of sp³-hybridized carbons (Fsp3) is 0.393. The van der Waals surface area contributed by atoms with Gasteiger partial charge < -0.3 is 15.1 Å². The molecule has 4 rings (SSSR count). The van der Waals surface area contributed by atoms with Crippen molar-refractivity contribution in [3.8, 4) is 0 Å². The van der Waals surface area contributed by atoms with Crippen molar-refractivity contribution in [1.82, 2.24) is 15.1 Å². The molecule has 3 amide bonds. The van der Waals surface area contributed by atoms with E-state index in [4.69, 9.17) is 0 Å². The number of amides is 3. The molecule has 0 spiro atoms. The van der Waals surface area contributed by atoms with Crippen molar-refractivity contribution >= 4 is 23.3 Å². The number of hydrogen-bond donors (Lipinski definition) is 1. The maximum absolute atomic E-state index is 13.4. The summed E-state index contributed by atoms with van der Waals surface area (Å²) in [5.74, 6) is -0.144. The van der Waals surface area contributed by atoms with Crippen LogP contribution in [0.2, 0.25) is 0 Å². The zero-order chi connectivity index (χ0) is 23.8. The predicted molar refractivity (Wildman–Crippen MR) is 133 cm³/mol. The Balaban J connectivity index is 1.39. The minimum Gasteiger partial charge on any atom is -0.356 e. The Morgan fingerprint density at radius 2 is 1.53 bits per heavy atom. The maximum atomic E-state index is 13.4. The van der Waals surface area contributed by atoms with E-state index in [1.807, 2.05) is 41.3 Å². The van der Waals surface area contributed by atoms with Gasteiger partial charge in [-0.25, -0.2) is 0 Å². The molecule has 2 aliphatic heterocycles. The number of benzene rings is 2. The Hall–Kier alpha value is -3.41. The van der Waals surface area contributed by atoms with Crippen molar-refractivity contribution in [2.75, 3.05) is 32.7 Å². The Labute approximate surface area is 201 Å². The molecule has 0 aliphatic carbocycles. The lowest BCUT2D eigenvalue weighted by atomic mass is 9.95. The van der Waals surface area contributed by atoms with Crippen molar-refractivity contribution in [3.05, 3.63) is 77.9 Å². The molecule has 2 aromatic carbocycles. The molecule has 1 saturated heterocycles. The zero-order valence-electron chi connectivity index (χ0n) is 19.6. The van der Waals surface area contributed by atoms with Crippen LogP contribution in [-0.2, 0) is 9.59 Å². The lowest BCUT2D eigenvalue weighted by Gasteiger charge is -2.30. The monoisotopic (exact) mass is 459 g/mol. The van der Waals surface area contributed by atoms with Gasteiger partial charge in [-0.2, -0.15) is 0 Å². The van der Waals surface area contributed by atoms with E-state index in [0.29, 0.717) is 51.1 Å². The van der Waals surface area contributed by atoms with Gasteiger partial charge in [0.1, 0.15) is 0 Å². The summed E-state index contributed by atoms with van der Waals surface area (Å²) in [4.78, 5) is 42.3. The van der Waals surface area contributed by atoms with E-state index in [1.165, 1.54) is 11.1 Å². The third-order valence-corrected chi connectivity index (χ3v) is 6.73. The molecule has 2 heterocycles. The first kappa shape index (κ1) is 23.7. The van der Waals surface area contributed by atoms with Crippen LogP contribution in [-0.4, -0.2) is 60.2 Å². The van der Waals surface area contributed by atoms with E-state index < -0.39 is 0 Å². The molecule has 6 nitrogen and oxygen atoms in total. The zero-order valence-corrected chi connectivity index (χ0v) is 19.6. The van der Waals surface area contributed by atoms with Gasteiger partial charge >= 0.3 is 0 Å². The van der Waals surface area contributed by atoms with Crippen LogP contribution >= 0.6 is 0 Å². The Morgan fingerprint density at radius 1 is 0.824 bits per heavy atom. The molecular weight excluding hydrogens is 426 g/mol. The van der Waals surface area contributed by atoms with Gasteiger partial charge in [-0.3, -0.25) is 14.4 Å². The van der Waals surface area contributed by atoms with Gasteiger partial charge in [-0.05, 0) is 49.0 Å². The second kappa shape index (κ2) is 11.6. The van der Waals surface area contributed by atoms with E-state index in [2.05, 4.69) is 23.5 Å². The second-order valence-corrected chi connectivity index (χ2v) is 9.02. The summed E-state index contributed by atoms with van der Waals surface area (Å²) in [5.41, 5.74) is 3.13. The third kappa shape index (κ3) is 6.13. The maximum Gasteiger partial charge on any atom is 0.253 e. The van der Waals surface area contributed by atoms with Crippen LogP contribution in [0.5, 0.6) is 0 Å². The highest BCUT2D eigenvalue weighted by Crippen LogP contribution is 2.24. The molecule has 2 aromatic rings. The lowest BCUT2D eigenvalue weighted by Crippen LogP contribution is -2.40. The number of nitrogens with one attached hydrogen (secondary N) is 1. The first-order chi connectivity index (χ1) is 16.6. The summed E-state index contributed by atoms with van der Waals surface area (Å²) in [6.07, 6.45) is 5.35. The number of carbonyl (C=O) groups is 3. The summed E-state index contributed by atoms with van der Waals surface area (Å²) >= 11 is 0. The molecule has 0 aromatic heterocycles. The molecular formula is C28H33N3O3. The average molecular weight is 460 g/mol. The Bertz CT molecular complexity index is 1020. The summed E-state index contributed by atoms with van der Waals surface area (Å²) in [6, 6.07) is 19.5. The number of hydrogen-bond acceptors (Lipinski definition) is 3. The number of rotatable bonds is 3. The van der Waals surface area contributed by atoms with Crippen LogP contribution in [0, 0.1) is 5.92 Å². The quantitative estimate of drug-likeness (QED) is 0.760. The fourth-order valence-electron chi connectivity index (χ4n) is 4.75. The van der Waals surface area contributed by atoms with Crippen LogP contribution in [0.25, 0.3) is 5.57 Å². The SMILES string of the molecule is O=C1CCN(C(=O)c2ccccc2)CCCC(C(=O)N2CC=C(c3ccccc3)CC2)CCN1. The van der Waals surface area contributed by atoms with Gasteiger partial charge in [0, 0.05) is 50.6 Å². The van der Waals surface area contributed by atoms with Crippen LogP contribution in [0.3, 0.4) is 0 Å². The molecule has 0 saturated carbocycles. The molecule has 2 aliphatic rings. The van der Waals surface area contributed by atoms with E-state index in [1.54, 1.807) is 17.0 Å². The molecule has 178 valence electrons. The fourth-order valence-corrected chi connectivity index (χ4v) is 4.75. The van der Waals surface area contributed by atoms with Crippen molar-refractivity contribution in [2.24, 2.45) is 5.92 Å². The highest BCUT2D eigenvalue weighted by molar-refractivity contribution is 5.94. The summed E-state index contributed by atoms with van der Waals surface area (Å²) < 4.78 is 0. The minimum absolute atomic E-state index is 0.0647. The molecule has 1 fully saturated rings. The third-order valence-electron chi connectivity index (χ3n) is 6.73. The van der Waals surface area contributed by atoms with Crippen LogP contribution in [0.1, 0.15) is 48.0 Å². The predicted octanol–water partition coefficient (Wildman–Crippen LogP) is 3.75. The van der Waals surface area contributed by atoms with Gasteiger partial charge in [-0.15, -0.1) is 0 Å².